The van der Waals surface area contributed by atoms with E-state index in [2.05, 4.69) is 107 Å². The van der Waals surface area contributed by atoms with Gasteiger partial charge in [0, 0.05) is 36.7 Å². The maximum Gasteiger partial charge on any atom is 0.129 e. The minimum atomic E-state index is -0.0350. The van der Waals surface area contributed by atoms with Gasteiger partial charge in [-0.1, -0.05) is 40.2 Å². The average molecular weight is 516 g/mol. The number of aliphatic hydroxyl groups excluding tert-OH is 1. The molecule has 2 atom stereocenters. The van der Waals surface area contributed by atoms with Crippen LogP contribution in [0.5, 0.6) is 0 Å². The van der Waals surface area contributed by atoms with Gasteiger partial charge in [0.05, 0.1) is 12.6 Å². The molecular formula is C25H31BrN4OS. The van der Waals surface area contributed by atoms with E-state index < -0.39 is 0 Å². The Balaban J connectivity index is 1.97. The molecule has 0 spiro atoms. The van der Waals surface area contributed by atoms with Crippen molar-refractivity contribution in [3.63, 3.8) is 0 Å². The molecule has 2 unspecified atom stereocenters. The van der Waals surface area contributed by atoms with Gasteiger partial charge in [-0.25, -0.2) is 0 Å². The monoisotopic (exact) mass is 514 g/mol. The molecule has 0 saturated carbocycles. The number of aliphatic hydroxyl groups is 1. The van der Waals surface area contributed by atoms with Crippen LogP contribution >= 0.6 is 27.7 Å². The molecule has 0 amide bonds. The smallest absolute Gasteiger partial charge is 0.129 e. The molecule has 1 aliphatic heterocycles. The van der Waals surface area contributed by atoms with Crippen LogP contribution in [0.3, 0.4) is 0 Å². The number of H-pyrrole nitrogens is 1. The van der Waals surface area contributed by atoms with E-state index in [9.17, 15) is 5.11 Å². The number of hydrogen-bond acceptors (Lipinski definition) is 5. The molecule has 7 heteroatoms. The van der Waals surface area contributed by atoms with Crippen molar-refractivity contribution >= 4 is 33.5 Å². The predicted molar refractivity (Wildman–Crippen MR) is 137 cm³/mol. The minimum absolute atomic E-state index is 0.0250. The van der Waals surface area contributed by atoms with Crippen LogP contribution in [-0.4, -0.2) is 53.2 Å². The van der Waals surface area contributed by atoms with E-state index in [1.165, 1.54) is 33.4 Å². The van der Waals surface area contributed by atoms with Crippen LogP contribution in [0.2, 0.25) is 0 Å². The van der Waals surface area contributed by atoms with Gasteiger partial charge in [-0.2, -0.15) is 5.10 Å². The molecule has 0 radical (unpaired) electrons. The Morgan fingerprint density at radius 1 is 1.19 bits per heavy atom. The fourth-order valence-electron chi connectivity index (χ4n) is 4.98. The Morgan fingerprint density at radius 3 is 2.44 bits per heavy atom. The van der Waals surface area contributed by atoms with Gasteiger partial charge in [0.2, 0.25) is 0 Å². The Labute approximate surface area is 203 Å². The molecule has 0 bridgehead atoms. The lowest BCUT2D eigenvalue weighted by Crippen LogP contribution is -2.45. The average Bonchev–Trinajstić information content (AvgIpc) is 3.19. The van der Waals surface area contributed by atoms with Crippen molar-refractivity contribution in [2.45, 2.75) is 43.9 Å². The lowest BCUT2D eigenvalue weighted by molar-refractivity contribution is 0.0786. The Bertz CT molecular complexity index is 1090. The van der Waals surface area contributed by atoms with Crippen LogP contribution in [0.4, 0.5) is 5.82 Å². The molecule has 2 aromatic carbocycles. The van der Waals surface area contributed by atoms with Gasteiger partial charge in [-0.15, -0.1) is 11.8 Å². The zero-order valence-corrected chi connectivity index (χ0v) is 21.7. The summed E-state index contributed by atoms with van der Waals surface area (Å²) in [5, 5.41) is 19.4. The zero-order valence-electron chi connectivity index (χ0n) is 19.3. The van der Waals surface area contributed by atoms with Crippen LogP contribution in [0, 0.1) is 13.8 Å². The Morgan fingerprint density at radius 2 is 1.84 bits per heavy atom. The molecule has 3 aromatic rings. The van der Waals surface area contributed by atoms with Crippen LogP contribution < -0.4 is 4.90 Å². The quantitative estimate of drug-likeness (QED) is 0.449. The molecule has 0 fully saturated rings. The summed E-state index contributed by atoms with van der Waals surface area (Å²) < 4.78 is 1.09. The fraction of sp³-hybridized carbons (Fsp3) is 0.400. The van der Waals surface area contributed by atoms with Gasteiger partial charge in [-0.3, -0.25) is 10.00 Å². The summed E-state index contributed by atoms with van der Waals surface area (Å²) in [6.45, 7) is 5.26. The molecule has 1 aliphatic rings. The van der Waals surface area contributed by atoms with E-state index in [1.54, 1.807) is 11.8 Å². The predicted octanol–water partition coefficient (Wildman–Crippen LogP) is 5.09. The summed E-state index contributed by atoms with van der Waals surface area (Å²) in [5.74, 6) is 1.01. The third-order valence-corrected chi connectivity index (χ3v) is 7.59. The molecule has 1 aromatic heterocycles. The molecule has 0 saturated heterocycles. The molecular weight excluding hydrogens is 484 g/mol. The first-order valence-corrected chi connectivity index (χ1v) is 12.9. The van der Waals surface area contributed by atoms with Gasteiger partial charge in [0.15, 0.2) is 0 Å². The molecule has 170 valence electrons. The van der Waals surface area contributed by atoms with Gasteiger partial charge >= 0.3 is 0 Å². The SMILES string of the molecule is CSc1n[nH]c(N(C)C)c1C(c1c(C)cc(Br)cc1C)N1Cc2ccccc2CC1CO. The second-order valence-electron chi connectivity index (χ2n) is 8.73. The van der Waals surface area contributed by atoms with Crippen molar-refractivity contribution < 1.29 is 5.11 Å². The first-order valence-electron chi connectivity index (χ1n) is 10.8. The highest BCUT2D eigenvalue weighted by Gasteiger charge is 2.38. The highest BCUT2D eigenvalue weighted by Crippen LogP contribution is 2.44. The highest BCUT2D eigenvalue weighted by atomic mass is 79.9. The van der Waals surface area contributed by atoms with Crippen molar-refractivity contribution in [1.29, 1.82) is 0 Å². The summed E-state index contributed by atoms with van der Waals surface area (Å²) in [7, 11) is 4.10. The van der Waals surface area contributed by atoms with Gasteiger partial charge in [0.1, 0.15) is 10.8 Å². The van der Waals surface area contributed by atoms with Gasteiger partial charge < -0.3 is 10.0 Å². The summed E-state index contributed by atoms with van der Waals surface area (Å²) in [6.07, 6.45) is 2.91. The van der Waals surface area contributed by atoms with Crippen LogP contribution in [0.1, 0.15) is 39.4 Å². The second-order valence-corrected chi connectivity index (χ2v) is 10.4. The summed E-state index contributed by atoms with van der Waals surface area (Å²) in [5.41, 5.74) is 7.58. The Hall–Kier alpha value is -1.80. The third kappa shape index (κ3) is 4.23. The molecule has 2 heterocycles. The van der Waals surface area contributed by atoms with Crippen molar-refractivity contribution in [1.82, 2.24) is 15.1 Å². The maximum absolute atomic E-state index is 10.5. The zero-order chi connectivity index (χ0) is 23.0. The summed E-state index contributed by atoms with van der Waals surface area (Å²) in [4.78, 5) is 4.58. The number of aromatic nitrogens is 2. The second kappa shape index (κ2) is 9.59. The van der Waals surface area contributed by atoms with Gasteiger partial charge in [-0.05, 0) is 66.5 Å². The van der Waals surface area contributed by atoms with E-state index in [0.717, 1.165) is 28.3 Å². The van der Waals surface area contributed by atoms with E-state index in [-0.39, 0.29) is 18.7 Å². The first kappa shape index (κ1) is 23.4. The van der Waals surface area contributed by atoms with Crippen LogP contribution in [0.25, 0.3) is 0 Å². The number of hydrogen-bond donors (Lipinski definition) is 2. The van der Waals surface area contributed by atoms with E-state index in [0.29, 0.717) is 0 Å². The number of thioether (sulfide) groups is 1. The van der Waals surface area contributed by atoms with Gasteiger partial charge in [0.25, 0.3) is 0 Å². The van der Waals surface area contributed by atoms with E-state index in [1.807, 2.05) is 0 Å². The molecule has 5 nitrogen and oxygen atoms in total. The van der Waals surface area contributed by atoms with E-state index >= 15 is 0 Å². The summed E-state index contributed by atoms with van der Waals surface area (Å²) >= 11 is 5.33. The number of nitrogens with zero attached hydrogens (tertiary/aromatic N) is 3. The highest BCUT2D eigenvalue weighted by molar-refractivity contribution is 9.10. The largest absolute Gasteiger partial charge is 0.395 e. The minimum Gasteiger partial charge on any atom is -0.395 e. The number of anilines is 1. The number of aryl methyl sites for hydroxylation is 2. The van der Waals surface area contributed by atoms with Crippen molar-refractivity contribution in [2.24, 2.45) is 0 Å². The number of halogens is 1. The molecule has 32 heavy (non-hydrogen) atoms. The standard InChI is InChI=1S/C25H31BrN4OS/c1-15-10-19(26)11-16(2)21(15)23(22-24(29(3)4)27-28-25(22)32-5)30-13-18-9-7-6-8-17(18)12-20(30)14-31/h6-11,20,23,31H,12-14H2,1-5H3,(H,27,28). The van der Waals surface area contributed by atoms with Crippen molar-refractivity contribution in [2.75, 3.05) is 31.9 Å². The number of rotatable bonds is 6. The number of fused-ring (bicyclic) bond motifs is 1. The van der Waals surface area contributed by atoms with E-state index in [4.69, 9.17) is 0 Å². The number of benzene rings is 2. The van der Waals surface area contributed by atoms with Crippen molar-refractivity contribution in [3.05, 3.63) is 74.3 Å². The topological polar surface area (TPSA) is 55.4 Å². The number of nitrogens with one attached hydrogen (secondary N) is 1. The van der Waals surface area contributed by atoms with Crippen LogP contribution in [-0.2, 0) is 13.0 Å². The summed E-state index contributed by atoms with van der Waals surface area (Å²) in [6, 6.07) is 13.0. The molecule has 4 rings (SSSR count). The Kier molecular flexibility index (Phi) is 7.00. The normalized spacial score (nSPS) is 17.3. The third-order valence-electron chi connectivity index (χ3n) is 6.43. The van der Waals surface area contributed by atoms with Crippen LogP contribution in [0.15, 0.2) is 45.9 Å². The first-order chi connectivity index (χ1) is 15.3. The number of aromatic amines is 1. The molecule has 2 N–H and O–H groups in total. The molecule has 0 aliphatic carbocycles. The van der Waals surface area contributed by atoms with Crippen molar-refractivity contribution in [3.8, 4) is 0 Å². The lowest BCUT2D eigenvalue weighted by atomic mass is 9.86. The maximum atomic E-state index is 10.5. The fourth-order valence-corrected chi connectivity index (χ4v) is 6.23. The lowest BCUT2D eigenvalue weighted by Gasteiger charge is -2.43.